The molecule has 0 bridgehead atoms. The number of aryl methyl sites for hydroxylation is 1. The third-order valence-corrected chi connectivity index (χ3v) is 3.65. The summed E-state index contributed by atoms with van der Waals surface area (Å²) in [7, 11) is 1.73. The van der Waals surface area contributed by atoms with Gasteiger partial charge in [-0.2, -0.15) is 4.80 Å². The van der Waals surface area contributed by atoms with E-state index in [2.05, 4.69) is 15.4 Å². The van der Waals surface area contributed by atoms with E-state index >= 15 is 0 Å². The van der Waals surface area contributed by atoms with E-state index in [1.807, 2.05) is 0 Å². The predicted octanol–water partition coefficient (Wildman–Crippen LogP) is 0.218. The molecule has 2 saturated carbocycles. The average Bonchev–Trinajstić information content (AvgIpc) is 2.57. The lowest BCUT2D eigenvalue weighted by Gasteiger charge is -2.03. The number of aromatic nitrogens is 4. The van der Waals surface area contributed by atoms with E-state index in [0.29, 0.717) is 17.7 Å². The van der Waals surface area contributed by atoms with Crippen molar-refractivity contribution >= 4 is 0 Å². The Morgan fingerprint density at radius 1 is 1.36 bits per heavy atom. The predicted molar refractivity (Wildman–Crippen MR) is 48.1 cm³/mol. The summed E-state index contributed by atoms with van der Waals surface area (Å²) in [6.07, 6.45) is 4.67. The fourth-order valence-corrected chi connectivity index (χ4v) is 2.87. The van der Waals surface area contributed by atoms with Crippen molar-refractivity contribution in [1.29, 1.82) is 0 Å². The van der Waals surface area contributed by atoms with Crippen LogP contribution in [-0.2, 0) is 12.6 Å². The standard InChI is InChI=1S/C9H14N4O/c1-13-11-8(10-12-13)9(14)6-4-2-3-5-7(6)9/h6-7,14H,2-5H2,1H3. The highest BCUT2D eigenvalue weighted by molar-refractivity contribution is 5.20. The zero-order chi connectivity index (χ0) is 9.76. The Hall–Kier alpha value is -0.970. The minimum Gasteiger partial charge on any atom is -0.381 e. The summed E-state index contributed by atoms with van der Waals surface area (Å²) in [6, 6.07) is 0. The quantitative estimate of drug-likeness (QED) is 0.694. The van der Waals surface area contributed by atoms with E-state index < -0.39 is 5.60 Å². The summed E-state index contributed by atoms with van der Waals surface area (Å²) in [4.78, 5) is 1.41. The van der Waals surface area contributed by atoms with Gasteiger partial charge in [0, 0.05) is 11.8 Å². The lowest BCUT2D eigenvalue weighted by Crippen LogP contribution is -2.13. The second-order valence-electron chi connectivity index (χ2n) is 4.43. The molecule has 0 aliphatic heterocycles. The highest BCUT2D eigenvalue weighted by atomic mass is 16.3. The molecule has 2 atom stereocenters. The molecule has 0 spiro atoms. The molecule has 0 saturated heterocycles. The molecule has 0 radical (unpaired) electrons. The molecular formula is C9H14N4O. The SMILES string of the molecule is Cn1nnc(C2(O)C3CCCCC32)n1. The topological polar surface area (TPSA) is 63.8 Å². The molecule has 3 rings (SSSR count). The van der Waals surface area contributed by atoms with Crippen LogP contribution in [0.4, 0.5) is 0 Å². The maximum atomic E-state index is 10.4. The Morgan fingerprint density at radius 2 is 2.00 bits per heavy atom. The van der Waals surface area contributed by atoms with Gasteiger partial charge in [0.05, 0.1) is 7.05 Å². The van der Waals surface area contributed by atoms with Crippen molar-refractivity contribution in [3.8, 4) is 0 Å². The summed E-state index contributed by atoms with van der Waals surface area (Å²) in [5, 5.41) is 22.2. The van der Waals surface area contributed by atoms with Crippen LogP contribution in [0, 0.1) is 11.8 Å². The molecule has 0 amide bonds. The highest BCUT2D eigenvalue weighted by Crippen LogP contribution is 2.63. The van der Waals surface area contributed by atoms with Gasteiger partial charge in [-0.05, 0) is 18.1 Å². The summed E-state index contributed by atoms with van der Waals surface area (Å²) < 4.78 is 0. The number of hydrogen-bond donors (Lipinski definition) is 1. The van der Waals surface area contributed by atoms with Crippen molar-refractivity contribution in [2.24, 2.45) is 18.9 Å². The summed E-state index contributed by atoms with van der Waals surface area (Å²) in [6.45, 7) is 0. The first-order chi connectivity index (χ1) is 6.73. The van der Waals surface area contributed by atoms with E-state index in [9.17, 15) is 5.11 Å². The van der Waals surface area contributed by atoms with Crippen LogP contribution in [-0.4, -0.2) is 25.3 Å². The van der Waals surface area contributed by atoms with E-state index in [1.54, 1.807) is 7.05 Å². The number of fused-ring (bicyclic) bond motifs is 1. The Labute approximate surface area is 82.1 Å². The fraction of sp³-hybridized carbons (Fsp3) is 0.889. The summed E-state index contributed by atoms with van der Waals surface area (Å²) in [5.41, 5.74) is -0.745. The molecule has 2 aliphatic rings. The van der Waals surface area contributed by atoms with Gasteiger partial charge in [0.25, 0.3) is 0 Å². The highest BCUT2D eigenvalue weighted by Gasteiger charge is 2.67. The molecule has 1 aromatic rings. The molecule has 1 N–H and O–H groups in total. The van der Waals surface area contributed by atoms with Crippen molar-refractivity contribution in [1.82, 2.24) is 20.2 Å². The van der Waals surface area contributed by atoms with E-state index in [-0.39, 0.29) is 0 Å². The summed E-state index contributed by atoms with van der Waals surface area (Å²) >= 11 is 0. The molecule has 1 aromatic heterocycles. The minimum atomic E-state index is -0.745. The smallest absolute Gasteiger partial charge is 0.206 e. The molecule has 5 heteroatoms. The van der Waals surface area contributed by atoms with Crippen LogP contribution in [0.25, 0.3) is 0 Å². The molecule has 14 heavy (non-hydrogen) atoms. The van der Waals surface area contributed by atoms with Crippen LogP contribution in [0.1, 0.15) is 31.5 Å². The van der Waals surface area contributed by atoms with Gasteiger partial charge in [0.15, 0.2) is 0 Å². The third-order valence-electron chi connectivity index (χ3n) is 3.65. The monoisotopic (exact) mass is 194 g/mol. The maximum absolute atomic E-state index is 10.4. The van der Waals surface area contributed by atoms with Gasteiger partial charge in [0.2, 0.25) is 5.82 Å². The number of tetrazole rings is 1. The zero-order valence-corrected chi connectivity index (χ0v) is 8.22. The third kappa shape index (κ3) is 0.904. The van der Waals surface area contributed by atoms with Gasteiger partial charge in [-0.1, -0.05) is 12.8 Å². The van der Waals surface area contributed by atoms with Crippen LogP contribution in [0.3, 0.4) is 0 Å². The second-order valence-corrected chi connectivity index (χ2v) is 4.43. The Morgan fingerprint density at radius 3 is 2.50 bits per heavy atom. The second kappa shape index (κ2) is 2.53. The van der Waals surface area contributed by atoms with Gasteiger partial charge >= 0.3 is 0 Å². The van der Waals surface area contributed by atoms with Gasteiger partial charge in [0.1, 0.15) is 5.60 Å². The van der Waals surface area contributed by atoms with Gasteiger partial charge < -0.3 is 5.11 Å². The Kier molecular flexibility index (Phi) is 1.51. The fourth-order valence-electron chi connectivity index (χ4n) is 2.87. The first kappa shape index (κ1) is 8.35. The molecule has 2 fully saturated rings. The normalized spacial score (nSPS) is 40.7. The van der Waals surface area contributed by atoms with Crippen molar-refractivity contribution < 1.29 is 5.11 Å². The van der Waals surface area contributed by atoms with E-state index in [1.165, 1.54) is 17.6 Å². The molecule has 2 unspecified atom stereocenters. The van der Waals surface area contributed by atoms with Crippen LogP contribution in [0.2, 0.25) is 0 Å². The number of hydrogen-bond acceptors (Lipinski definition) is 4. The number of nitrogens with zero attached hydrogens (tertiary/aromatic N) is 4. The van der Waals surface area contributed by atoms with Crippen LogP contribution in [0.5, 0.6) is 0 Å². The van der Waals surface area contributed by atoms with Crippen molar-refractivity contribution in [2.75, 3.05) is 0 Å². The first-order valence-electron chi connectivity index (χ1n) is 5.20. The number of rotatable bonds is 1. The van der Waals surface area contributed by atoms with E-state index in [4.69, 9.17) is 0 Å². The van der Waals surface area contributed by atoms with Crippen molar-refractivity contribution in [2.45, 2.75) is 31.3 Å². The van der Waals surface area contributed by atoms with Gasteiger partial charge in [-0.15, -0.1) is 10.2 Å². The van der Waals surface area contributed by atoms with Crippen molar-refractivity contribution in [3.05, 3.63) is 5.82 Å². The Bertz CT molecular complexity index is 349. The molecule has 0 aromatic carbocycles. The minimum absolute atomic E-state index is 0.389. The molecule has 5 nitrogen and oxygen atoms in total. The molecule has 76 valence electrons. The largest absolute Gasteiger partial charge is 0.381 e. The molecular weight excluding hydrogens is 180 g/mol. The van der Waals surface area contributed by atoms with Crippen LogP contribution in [0.15, 0.2) is 0 Å². The first-order valence-corrected chi connectivity index (χ1v) is 5.20. The molecule has 1 heterocycles. The molecule has 2 aliphatic carbocycles. The Balaban J connectivity index is 1.92. The van der Waals surface area contributed by atoms with Crippen molar-refractivity contribution in [3.63, 3.8) is 0 Å². The van der Waals surface area contributed by atoms with Crippen LogP contribution < -0.4 is 0 Å². The van der Waals surface area contributed by atoms with Crippen LogP contribution >= 0.6 is 0 Å². The van der Waals surface area contributed by atoms with Gasteiger partial charge in [-0.3, -0.25) is 0 Å². The van der Waals surface area contributed by atoms with E-state index in [0.717, 1.165) is 12.8 Å². The summed E-state index contributed by atoms with van der Waals surface area (Å²) in [5.74, 6) is 1.30. The lowest BCUT2D eigenvalue weighted by molar-refractivity contribution is 0.107. The maximum Gasteiger partial charge on any atom is 0.206 e. The lowest BCUT2D eigenvalue weighted by atomic mass is 10.0. The zero-order valence-electron chi connectivity index (χ0n) is 8.22. The van der Waals surface area contributed by atoms with Gasteiger partial charge in [-0.25, -0.2) is 0 Å². The number of aliphatic hydroxyl groups is 1. The average molecular weight is 194 g/mol.